The molecule has 4 rings (SSSR count). The Balaban J connectivity index is 1.32. The van der Waals surface area contributed by atoms with E-state index < -0.39 is 0 Å². The summed E-state index contributed by atoms with van der Waals surface area (Å²) in [4.78, 5) is 21.0. The molecule has 2 aliphatic rings. The van der Waals surface area contributed by atoms with Gasteiger partial charge in [-0.3, -0.25) is 4.79 Å². The fourth-order valence-electron chi connectivity index (χ4n) is 3.86. The standard InChI is InChI=1S/C19H24N4O2/c24-18-9-5-12-23(18)16-8-4-11-22(14-16)13-10-17-20-19(21-25-17)15-6-2-1-3-7-15/h1-3,6-7,16H,4-5,8-14H2. The summed E-state index contributed by atoms with van der Waals surface area (Å²) in [6.45, 7) is 3.88. The summed E-state index contributed by atoms with van der Waals surface area (Å²) in [6.07, 6.45) is 4.76. The zero-order valence-electron chi connectivity index (χ0n) is 14.4. The zero-order chi connectivity index (χ0) is 17.1. The number of likely N-dealkylation sites (tertiary alicyclic amines) is 2. The van der Waals surface area contributed by atoms with E-state index in [9.17, 15) is 4.79 Å². The van der Waals surface area contributed by atoms with Crippen LogP contribution in [0.4, 0.5) is 0 Å². The van der Waals surface area contributed by atoms with Crippen molar-refractivity contribution < 1.29 is 9.32 Å². The number of piperidine rings is 1. The molecule has 1 unspecified atom stereocenters. The van der Waals surface area contributed by atoms with E-state index >= 15 is 0 Å². The van der Waals surface area contributed by atoms with Gasteiger partial charge in [-0.05, 0) is 25.8 Å². The van der Waals surface area contributed by atoms with Gasteiger partial charge >= 0.3 is 0 Å². The van der Waals surface area contributed by atoms with Crippen molar-refractivity contribution in [2.75, 3.05) is 26.2 Å². The number of amides is 1. The van der Waals surface area contributed by atoms with Crippen LogP contribution < -0.4 is 0 Å². The maximum atomic E-state index is 12.0. The lowest BCUT2D eigenvalue weighted by atomic mass is 10.0. The van der Waals surface area contributed by atoms with Crippen LogP contribution in [0.2, 0.25) is 0 Å². The first-order valence-corrected chi connectivity index (χ1v) is 9.19. The van der Waals surface area contributed by atoms with Gasteiger partial charge in [0.25, 0.3) is 0 Å². The number of benzene rings is 1. The van der Waals surface area contributed by atoms with Crippen molar-refractivity contribution in [2.45, 2.75) is 38.1 Å². The van der Waals surface area contributed by atoms with Crippen LogP contribution in [0.5, 0.6) is 0 Å². The third-order valence-corrected chi connectivity index (χ3v) is 5.17. The summed E-state index contributed by atoms with van der Waals surface area (Å²) in [5.74, 6) is 1.66. The summed E-state index contributed by atoms with van der Waals surface area (Å²) in [6, 6.07) is 10.3. The number of hydrogen-bond acceptors (Lipinski definition) is 5. The maximum Gasteiger partial charge on any atom is 0.228 e. The second-order valence-corrected chi connectivity index (χ2v) is 6.92. The molecule has 0 radical (unpaired) electrons. The highest BCUT2D eigenvalue weighted by atomic mass is 16.5. The Morgan fingerprint density at radius 2 is 2.04 bits per heavy atom. The van der Waals surface area contributed by atoms with Crippen molar-refractivity contribution in [2.24, 2.45) is 0 Å². The van der Waals surface area contributed by atoms with Crippen molar-refractivity contribution in [3.05, 3.63) is 36.2 Å². The van der Waals surface area contributed by atoms with Crippen molar-refractivity contribution in [3.8, 4) is 11.4 Å². The molecule has 2 saturated heterocycles. The molecule has 0 N–H and O–H groups in total. The van der Waals surface area contributed by atoms with E-state index in [1.54, 1.807) is 0 Å². The maximum absolute atomic E-state index is 12.0. The van der Waals surface area contributed by atoms with Gasteiger partial charge in [0.2, 0.25) is 17.6 Å². The Morgan fingerprint density at radius 1 is 1.16 bits per heavy atom. The highest BCUT2D eigenvalue weighted by Crippen LogP contribution is 2.22. The zero-order valence-corrected chi connectivity index (χ0v) is 14.4. The molecule has 25 heavy (non-hydrogen) atoms. The fraction of sp³-hybridized carbons (Fsp3) is 0.526. The van der Waals surface area contributed by atoms with Gasteiger partial charge in [0.05, 0.1) is 0 Å². The van der Waals surface area contributed by atoms with Crippen LogP contribution in [0.25, 0.3) is 11.4 Å². The lowest BCUT2D eigenvalue weighted by Crippen LogP contribution is -2.48. The molecule has 3 heterocycles. The van der Waals surface area contributed by atoms with Crippen LogP contribution in [-0.2, 0) is 11.2 Å². The van der Waals surface area contributed by atoms with Crippen LogP contribution in [0.15, 0.2) is 34.9 Å². The molecular weight excluding hydrogens is 316 g/mol. The first-order valence-electron chi connectivity index (χ1n) is 9.19. The minimum atomic E-state index is 0.330. The molecule has 1 atom stereocenters. The monoisotopic (exact) mass is 340 g/mol. The SMILES string of the molecule is O=C1CCCN1C1CCCN(CCc2nc(-c3ccccc3)no2)C1. The average Bonchev–Trinajstić information content (AvgIpc) is 3.30. The number of hydrogen-bond donors (Lipinski definition) is 0. The molecule has 1 aromatic heterocycles. The normalized spacial score (nSPS) is 21.8. The summed E-state index contributed by atoms with van der Waals surface area (Å²) >= 11 is 0. The molecule has 0 aliphatic carbocycles. The van der Waals surface area contributed by atoms with E-state index in [1.807, 2.05) is 30.3 Å². The number of carbonyl (C=O) groups is 1. The van der Waals surface area contributed by atoms with Gasteiger partial charge in [0.15, 0.2) is 0 Å². The van der Waals surface area contributed by atoms with Crippen LogP contribution in [0.3, 0.4) is 0 Å². The molecular formula is C19H24N4O2. The Hall–Kier alpha value is -2.21. The first kappa shape index (κ1) is 16.3. The van der Waals surface area contributed by atoms with Gasteiger partial charge in [-0.25, -0.2) is 0 Å². The number of nitrogens with zero attached hydrogens (tertiary/aromatic N) is 4. The second kappa shape index (κ2) is 7.35. The lowest BCUT2D eigenvalue weighted by molar-refractivity contribution is -0.130. The summed E-state index contributed by atoms with van der Waals surface area (Å²) in [5, 5.41) is 4.08. The molecule has 2 fully saturated rings. The lowest BCUT2D eigenvalue weighted by Gasteiger charge is -2.37. The van der Waals surface area contributed by atoms with Crippen LogP contribution in [0.1, 0.15) is 31.6 Å². The number of carbonyl (C=O) groups excluding carboxylic acids is 1. The average molecular weight is 340 g/mol. The molecule has 0 bridgehead atoms. The molecule has 6 nitrogen and oxygen atoms in total. The predicted octanol–water partition coefficient (Wildman–Crippen LogP) is 2.37. The van der Waals surface area contributed by atoms with E-state index in [1.165, 1.54) is 0 Å². The van der Waals surface area contributed by atoms with Gasteiger partial charge in [0.1, 0.15) is 0 Å². The van der Waals surface area contributed by atoms with Gasteiger partial charge in [0, 0.05) is 44.1 Å². The smallest absolute Gasteiger partial charge is 0.228 e. The van der Waals surface area contributed by atoms with Gasteiger partial charge in [-0.15, -0.1) is 0 Å². The summed E-state index contributed by atoms with van der Waals surface area (Å²) in [5.41, 5.74) is 0.975. The van der Waals surface area contributed by atoms with E-state index in [2.05, 4.69) is 19.9 Å². The van der Waals surface area contributed by atoms with Crippen molar-refractivity contribution in [1.29, 1.82) is 0 Å². The van der Waals surface area contributed by atoms with E-state index in [4.69, 9.17) is 4.52 Å². The second-order valence-electron chi connectivity index (χ2n) is 6.92. The predicted molar refractivity (Wildman–Crippen MR) is 93.8 cm³/mol. The first-order chi connectivity index (χ1) is 12.3. The quantitative estimate of drug-likeness (QED) is 0.836. The van der Waals surface area contributed by atoms with Gasteiger partial charge < -0.3 is 14.3 Å². The number of rotatable bonds is 5. The largest absolute Gasteiger partial charge is 0.339 e. The van der Waals surface area contributed by atoms with E-state index in [-0.39, 0.29) is 0 Å². The third-order valence-electron chi connectivity index (χ3n) is 5.17. The van der Waals surface area contributed by atoms with Crippen LogP contribution in [0, 0.1) is 0 Å². The highest BCUT2D eigenvalue weighted by molar-refractivity contribution is 5.78. The van der Waals surface area contributed by atoms with Crippen LogP contribution in [-0.4, -0.2) is 58.1 Å². The van der Waals surface area contributed by atoms with E-state index in [0.29, 0.717) is 23.7 Å². The van der Waals surface area contributed by atoms with Crippen LogP contribution >= 0.6 is 0 Å². The molecule has 2 aliphatic heterocycles. The van der Waals surface area contributed by atoms with Crippen molar-refractivity contribution >= 4 is 5.91 Å². The van der Waals surface area contributed by atoms with E-state index in [0.717, 1.165) is 63.8 Å². The summed E-state index contributed by atoms with van der Waals surface area (Å²) in [7, 11) is 0. The van der Waals surface area contributed by atoms with Crippen molar-refractivity contribution in [1.82, 2.24) is 19.9 Å². The minimum absolute atomic E-state index is 0.330. The molecule has 0 saturated carbocycles. The molecule has 6 heteroatoms. The Labute approximate surface area is 147 Å². The van der Waals surface area contributed by atoms with Gasteiger partial charge in [-0.1, -0.05) is 35.5 Å². The minimum Gasteiger partial charge on any atom is -0.339 e. The Bertz CT molecular complexity index is 715. The highest BCUT2D eigenvalue weighted by Gasteiger charge is 2.31. The molecule has 132 valence electrons. The van der Waals surface area contributed by atoms with Crippen molar-refractivity contribution in [3.63, 3.8) is 0 Å². The molecule has 0 spiro atoms. The summed E-state index contributed by atoms with van der Waals surface area (Å²) < 4.78 is 5.40. The molecule has 2 aromatic rings. The fourth-order valence-corrected chi connectivity index (χ4v) is 3.86. The topological polar surface area (TPSA) is 62.5 Å². The van der Waals surface area contributed by atoms with Gasteiger partial charge in [-0.2, -0.15) is 4.98 Å². The molecule has 1 amide bonds. The Kier molecular flexibility index (Phi) is 4.78. The number of aromatic nitrogens is 2. The molecule has 1 aromatic carbocycles. The third kappa shape index (κ3) is 3.74. The Morgan fingerprint density at radius 3 is 2.84 bits per heavy atom.